The number of hydrogen-bond donors (Lipinski definition) is 1. The number of ether oxygens (including phenoxy) is 2. The van der Waals surface area contributed by atoms with Crippen LogP contribution in [0.4, 0.5) is 0 Å². The van der Waals surface area contributed by atoms with Crippen LogP contribution in [-0.4, -0.2) is 25.4 Å². The highest BCUT2D eigenvalue weighted by Gasteiger charge is 2.16. The van der Waals surface area contributed by atoms with E-state index in [4.69, 9.17) is 9.47 Å². The quantitative estimate of drug-likeness (QED) is 0.758. The maximum atomic E-state index is 10.3. The van der Waals surface area contributed by atoms with Gasteiger partial charge in [0.1, 0.15) is 5.75 Å². The van der Waals surface area contributed by atoms with E-state index in [9.17, 15) is 5.11 Å². The Kier molecular flexibility index (Phi) is 6.16. The SMILES string of the molecule is CCOCCCC(O)c1c(C)cc(C)cc1OC. The highest BCUT2D eigenvalue weighted by Crippen LogP contribution is 2.32. The average Bonchev–Trinajstić information content (AvgIpc) is 2.33. The first-order valence-corrected chi connectivity index (χ1v) is 6.51. The molecule has 1 aromatic carbocycles. The van der Waals surface area contributed by atoms with Crippen molar-refractivity contribution in [2.45, 2.75) is 39.7 Å². The number of benzene rings is 1. The second-order valence-electron chi connectivity index (χ2n) is 4.55. The smallest absolute Gasteiger partial charge is 0.125 e. The molecule has 0 spiro atoms. The van der Waals surface area contributed by atoms with Gasteiger partial charge in [-0.05, 0) is 50.8 Å². The summed E-state index contributed by atoms with van der Waals surface area (Å²) in [6.45, 7) is 7.44. The summed E-state index contributed by atoms with van der Waals surface area (Å²) in [5, 5.41) is 10.3. The Bertz CT molecular complexity index is 374. The molecule has 0 radical (unpaired) electrons. The molecule has 3 heteroatoms. The lowest BCUT2D eigenvalue weighted by Crippen LogP contribution is -2.05. The number of rotatable bonds is 7. The summed E-state index contributed by atoms with van der Waals surface area (Å²) < 4.78 is 10.6. The molecule has 1 rings (SSSR count). The third-order valence-electron chi connectivity index (χ3n) is 3.02. The topological polar surface area (TPSA) is 38.7 Å². The third-order valence-corrected chi connectivity index (χ3v) is 3.02. The Labute approximate surface area is 110 Å². The van der Waals surface area contributed by atoms with E-state index in [2.05, 4.69) is 6.07 Å². The van der Waals surface area contributed by atoms with Gasteiger partial charge in [-0.2, -0.15) is 0 Å². The van der Waals surface area contributed by atoms with Crippen molar-refractivity contribution in [1.29, 1.82) is 0 Å². The van der Waals surface area contributed by atoms with Crippen LogP contribution in [0.15, 0.2) is 12.1 Å². The molecule has 0 saturated carbocycles. The Balaban J connectivity index is 2.74. The number of methoxy groups -OCH3 is 1. The second kappa shape index (κ2) is 7.39. The summed E-state index contributed by atoms with van der Waals surface area (Å²) in [5.41, 5.74) is 3.13. The minimum Gasteiger partial charge on any atom is -0.496 e. The van der Waals surface area contributed by atoms with Crippen LogP contribution < -0.4 is 4.74 Å². The summed E-state index contributed by atoms with van der Waals surface area (Å²) in [7, 11) is 1.64. The van der Waals surface area contributed by atoms with Crippen LogP contribution in [0.2, 0.25) is 0 Å². The zero-order chi connectivity index (χ0) is 13.5. The average molecular weight is 252 g/mol. The summed E-state index contributed by atoms with van der Waals surface area (Å²) in [6.07, 6.45) is 1.06. The molecule has 0 saturated heterocycles. The fourth-order valence-corrected chi connectivity index (χ4v) is 2.20. The molecule has 3 nitrogen and oxygen atoms in total. The molecule has 1 N–H and O–H groups in total. The van der Waals surface area contributed by atoms with Crippen molar-refractivity contribution in [3.63, 3.8) is 0 Å². The van der Waals surface area contributed by atoms with E-state index in [-0.39, 0.29) is 0 Å². The first-order chi connectivity index (χ1) is 8.60. The lowest BCUT2D eigenvalue weighted by Gasteiger charge is -2.18. The van der Waals surface area contributed by atoms with E-state index in [1.54, 1.807) is 7.11 Å². The van der Waals surface area contributed by atoms with Crippen molar-refractivity contribution < 1.29 is 14.6 Å². The van der Waals surface area contributed by atoms with E-state index in [1.165, 1.54) is 0 Å². The minimum absolute atomic E-state index is 0.485. The van der Waals surface area contributed by atoms with E-state index in [1.807, 2.05) is 26.8 Å². The van der Waals surface area contributed by atoms with Crippen LogP contribution in [-0.2, 0) is 4.74 Å². The second-order valence-corrected chi connectivity index (χ2v) is 4.55. The highest BCUT2D eigenvalue weighted by molar-refractivity contribution is 5.44. The molecule has 1 aromatic rings. The zero-order valence-corrected chi connectivity index (χ0v) is 11.8. The van der Waals surface area contributed by atoms with Gasteiger partial charge in [0.2, 0.25) is 0 Å². The lowest BCUT2D eigenvalue weighted by atomic mass is 9.97. The molecule has 102 valence electrons. The number of hydrogen-bond acceptors (Lipinski definition) is 3. The number of aliphatic hydroxyl groups excluding tert-OH is 1. The molecule has 0 aliphatic rings. The van der Waals surface area contributed by atoms with Gasteiger partial charge in [-0.3, -0.25) is 0 Å². The maximum absolute atomic E-state index is 10.3. The molecule has 0 bridgehead atoms. The first kappa shape index (κ1) is 15.0. The van der Waals surface area contributed by atoms with E-state index in [0.717, 1.165) is 35.5 Å². The van der Waals surface area contributed by atoms with Crippen molar-refractivity contribution in [3.8, 4) is 5.75 Å². The Morgan fingerprint density at radius 2 is 2.00 bits per heavy atom. The van der Waals surface area contributed by atoms with Crippen LogP contribution in [0.1, 0.15) is 42.6 Å². The summed E-state index contributed by atoms with van der Waals surface area (Å²) in [5.74, 6) is 0.774. The van der Waals surface area contributed by atoms with Gasteiger partial charge in [0, 0.05) is 18.8 Å². The van der Waals surface area contributed by atoms with Gasteiger partial charge in [-0.1, -0.05) is 6.07 Å². The fourth-order valence-electron chi connectivity index (χ4n) is 2.20. The van der Waals surface area contributed by atoms with Crippen molar-refractivity contribution in [2.75, 3.05) is 20.3 Å². The van der Waals surface area contributed by atoms with Gasteiger partial charge in [-0.15, -0.1) is 0 Å². The lowest BCUT2D eigenvalue weighted by molar-refractivity contribution is 0.113. The minimum atomic E-state index is -0.485. The van der Waals surface area contributed by atoms with Gasteiger partial charge < -0.3 is 14.6 Å². The largest absolute Gasteiger partial charge is 0.496 e. The van der Waals surface area contributed by atoms with Crippen molar-refractivity contribution in [1.82, 2.24) is 0 Å². The zero-order valence-electron chi connectivity index (χ0n) is 11.8. The van der Waals surface area contributed by atoms with Gasteiger partial charge in [0.25, 0.3) is 0 Å². The van der Waals surface area contributed by atoms with Crippen LogP contribution in [0.5, 0.6) is 5.75 Å². The van der Waals surface area contributed by atoms with Gasteiger partial charge in [0.05, 0.1) is 13.2 Å². The standard InChI is InChI=1S/C15H24O3/c1-5-18-8-6-7-13(16)15-12(3)9-11(2)10-14(15)17-4/h9-10,13,16H,5-8H2,1-4H3. The Hall–Kier alpha value is -1.06. The highest BCUT2D eigenvalue weighted by atomic mass is 16.5. The molecule has 0 heterocycles. The number of aliphatic hydroxyl groups is 1. The van der Waals surface area contributed by atoms with Crippen LogP contribution in [0.25, 0.3) is 0 Å². The molecule has 0 aliphatic heterocycles. The van der Waals surface area contributed by atoms with E-state index >= 15 is 0 Å². The summed E-state index contributed by atoms with van der Waals surface area (Å²) in [4.78, 5) is 0. The normalized spacial score (nSPS) is 12.5. The Morgan fingerprint density at radius 1 is 1.28 bits per heavy atom. The molecule has 0 aliphatic carbocycles. The number of aryl methyl sites for hydroxylation is 2. The molecule has 1 atom stereocenters. The van der Waals surface area contributed by atoms with Crippen LogP contribution in [0.3, 0.4) is 0 Å². The Morgan fingerprint density at radius 3 is 2.61 bits per heavy atom. The van der Waals surface area contributed by atoms with Gasteiger partial charge in [-0.25, -0.2) is 0 Å². The van der Waals surface area contributed by atoms with Gasteiger partial charge in [0.15, 0.2) is 0 Å². The van der Waals surface area contributed by atoms with Crippen molar-refractivity contribution in [2.24, 2.45) is 0 Å². The molecule has 1 unspecified atom stereocenters. The molecule has 0 amide bonds. The molecule has 0 aromatic heterocycles. The fraction of sp³-hybridized carbons (Fsp3) is 0.600. The first-order valence-electron chi connectivity index (χ1n) is 6.51. The van der Waals surface area contributed by atoms with Crippen LogP contribution in [0, 0.1) is 13.8 Å². The molecule has 0 fully saturated rings. The maximum Gasteiger partial charge on any atom is 0.125 e. The molecule has 18 heavy (non-hydrogen) atoms. The van der Waals surface area contributed by atoms with E-state index in [0.29, 0.717) is 13.0 Å². The predicted molar refractivity (Wildman–Crippen MR) is 73.2 cm³/mol. The summed E-state index contributed by atoms with van der Waals surface area (Å²) >= 11 is 0. The van der Waals surface area contributed by atoms with Gasteiger partial charge >= 0.3 is 0 Å². The summed E-state index contributed by atoms with van der Waals surface area (Å²) in [6, 6.07) is 4.04. The van der Waals surface area contributed by atoms with Crippen LogP contribution >= 0.6 is 0 Å². The monoisotopic (exact) mass is 252 g/mol. The predicted octanol–water partition coefficient (Wildman–Crippen LogP) is 3.16. The van der Waals surface area contributed by atoms with Crippen molar-refractivity contribution in [3.05, 3.63) is 28.8 Å². The van der Waals surface area contributed by atoms with E-state index < -0.39 is 6.10 Å². The van der Waals surface area contributed by atoms with Crippen molar-refractivity contribution >= 4 is 0 Å². The third kappa shape index (κ3) is 4.00. The molecular weight excluding hydrogens is 228 g/mol. The molecular formula is C15H24O3.